The van der Waals surface area contributed by atoms with Crippen LogP contribution in [-0.2, 0) is 23.7 Å². The van der Waals surface area contributed by atoms with Crippen LogP contribution < -0.4 is 5.32 Å². The van der Waals surface area contributed by atoms with Crippen molar-refractivity contribution in [2.75, 3.05) is 7.05 Å². The van der Waals surface area contributed by atoms with Gasteiger partial charge < -0.3 is 16.6 Å². The van der Waals surface area contributed by atoms with Gasteiger partial charge in [-0.1, -0.05) is 19.1 Å². The van der Waals surface area contributed by atoms with E-state index in [1.807, 2.05) is 24.2 Å². The summed E-state index contributed by atoms with van der Waals surface area (Å²) in [4.78, 5) is 0.978. The van der Waals surface area contributed by atoms with Gasteiger partial charge in [0.05, 0.1) is 0 Å². The first-order valence-electron chi connectivity index (χ1n) is 6.55. The number of rotatable bonds is 6. The molecule has 0 spiro atoms. The molecule has 0 amide bonds. The summed E-state index contributed by atoms with van der Waals surface area (Å²) >= 11 is 8.82. The van der Waals surface area contributed by atoms with Crippen molar-refractivity contribution in [2.45, 2.75) is 38.6 Å². The number of hydrogen-bond donors (Lipinski definition) is 2. The van der Waals surface area contributed by atoms with Crippen molar-refractivity contribution in [2.24, 2.45) is 5.10 Å². The van der Waals surface area contributed by atoms with Crippen molar-refractivity contribution < 1.29 is 17.2 Å². The Morgan fingerprint density at radius 1 is 1.38 bits per heavy atom. The van der Waals surface area contributed by atoms with Crippen molar-refractivity contribution in [3.05, 3.63) is 41.2 Å². The molecule has 1 N–H and O–H groups in total. The Morgan fingerprint density at radius 2 is 1.95 bits per heavy atom. The first-order valence-corrected chi connectivity index (χ1v) is 12.9. The van der Waals surface area contributed by atoms with Crippen LogP contribution in [0.4, 0.5) is 0 Å². The summed E-state index contributed by atoms with van der Waals surface area (Å²) in [6, 6.07) is 8.14. The van der Waals surface area contributed by atoms with Gasteiger partial charge in [0.1, 0.15) is 5.82 Å². The molecular weight excluding hydrogens is 520 g/mol. The van der Waals surface area contributed by atoms with Gasteiger partial charge in [-0.05, 0) is 36.6 Å². The molecule has 0 aliphatic carbocycles. The molecule has 0 aromatic heterocycles. The molecular formula is C15H22BrN3ReS-. The zero-order valence-corrected chi connectivity index (χ0v) is 18.0. The standard InChI is InChI=1S/C15H22N3S.BrH.Re/c1-5-12(3)15(18(4)17-6-2)16-11-13-7-9-14(19)10-8-13;;/h7-10,16,19H,5,11H2,1-4H3;1H;/q-1;;+1/p-1. The summed E-state index contributed by atoms with van der Waals surface area (Å²) in [5.41, 5.74) is 2.49. The number of hydrazone groups is 1. The number of hydrogen-bond acceptors (Lipinski definition) is 4. The van der Waals surface area contributed by atoms with E-state index in [0.29, 0.717) is 0 Å². The average molecular weight is 543 g/mol. The molecule has 118 valence electrons. The number of halogens is 1. The molecule has 0 heterocycles. The third-order valence-corrected chi connectivity index (χ3v) is 3.20. The summed E-state index contributed by atoms with van der Waals surface area (Å²) in [6.45, 7) is 6.81. The number of nitrogens with one attached hydrogen (secondary N) is 1. The normalized spacial score (nSPS) is 11.6. The minimum atomic E-state index is 0.768. The van der Waals surface area contributed by atoms with Crippen LogP contribution in [-0.4, -0.2) is 18.3 Å². The van der Waals surface area contributed by atoms with E-state index < -0.39 is 0 Å². The van der Waals surface area contributed by atoms with Crippen molar-refractivity contribution in [1.82, 2.24) is 10.3 Å². The molecule has 0 aliphatic rings. The first kappa shape index (κ1) is 20.7. The van der Waals surface area contributed by atoms with Gasteiger partial charge >= 0.3 is 30.6 Å². The molecule has 0 atom stereocenters. The summed E-state index contributed by atoms with van der Waals surface area (Å²) in [7, 11) is 1.93. The van der Waals surface area contributed by atoms with E-state index in [9.17, 15) is 0 Å². The number of thiol groups is 1. The maximum atomic E-state index is 4.29. The van der Waals surface area contributed by atoms with E-state index in [4.69, 9.17) is 0 Å². The number of nitrogens with zero attached hydrogens (tertiary/aromatic N) is 2. The molecule has 0 radical (unpaired) electrons. The molecule has 3 nitrogen and oxygen atoms in total. The van der Waals surface area contributed by atoms with Crippen molar-refractivity contribution in [3.63, 3.8) is 0 Å². The average Bonchev–Trinajstić information content (AvgIpc) is 2.51. The van der Waals surface area contributed by atoms with E-state index in [1.165, 1.54) is 28.3 Å². The molecule has 1 aromatic carbocycles. The zero-order chi connectivity index (χ0) is 16.3. The van der Waals surface area contributed by atoms with Crippen LogP contribution in [0.2, 0.25) is 0 Å². The predicted molar refractivity (Wildman–Crippen MR) is 93.3 cm³/mol. The van der Waals surface area contributed by atoms with Gasteiger partial charge in [0, 0.05) is 18.5 Å². The van der Waals surface area contributed by atoms with Crippen LogP contribution in [0, 0.1) is 0 Å². The van der Waals surface area contributed by atoms with Crippen LogP contribution in [0.25, 0.3) is 0 Å². The van der Waals surface area contributed by atoms with Crippen molar-refractivity contribution in [3.8, 4) is 0 Å². The molecule has 0 bridgehead atoms. The fourth-order valence-corrected chi connectivity index (χ4v) is 1.86. The second kappa shape index (κ2) is 12.3. The molecule has 1 rings (SSSR count). The fourth-order valence-electron chi connectivity index (χ4n) is 1.71. The summed E-state index contributed by atoms with van der Waals surface area (Å²) in [5.74, 6) is 1.03. The molecule has 0 saturated heterocycles. The fraction of sp³-hybridized carbons (Fsp3) is 0.400. The predicted octanol–water partition coefficient (Wildman–Crippen LogP) is 4.36. The van der Waals surface area contributed by atoms with E-state index in [-0.39, 0.29) is 0 Å². The molecule has 0 fully saturated rings. The summed E-state index contributed by atoms with van der Waals surface area (Å²) in [5, 5.41) is 9.43. The van der Waals surface area contributed by atoms with Gasteiger partial charge in [-0.2, -0.15) is 6.92 Å². The molecule has 0 unspecified atom stereocenters. The van der Waals surface area contributed by atoms with Gasteiger partial charge in [0.2, 0.25) is 0 Å². The van der Waals surface area contributed by atoms with E-state index in [0.717, 1.165) is 23.7 Å². The second-order valence-corrected chi connectivity index (χ2v) is 4.87. The Balaban J connectivity index is 0.00000191. The SMILES string of the molecule is C[C-]=NN(C)C(NCc1ccc(S)cc1)=C(C)CC.[Br][Re]. The van der Waals surface area contributed by atoms with E-state index in [1.54, 1.807) is 6.92 Å². The Morgan fingerprint density at radius 3 is 2.43 bits per heavy atom. The molecule has 1 aromatic rings. The van der Waals surface area contributed by atoms with Gasteiger partial charge in [-0.3, -0.25) is 5.01 Å². The zero-order valence-electron chi connectivity index (χ0n) is 12.8. The summed E-state index contributed by atoms with van der Waals surface area (Å²) in [6.07, 6.45) is 3.79. The van der Waals surface area contributed by atoms with Crippen molar-refractivity contribution in [1.29, 1.82) is 0 Å². The maximum absolute atomic E-state index is 4.29. The quantitative estimate of drug-likeness (QED) is 0.242. The first-order chi connectivity index (χ1) is 10.1. The van der Waals surface area contributed by atoms with Gasteiger partial charge in [0.25, 0.3) is 0 Å². The Labute approximate surface area is 151 Å². The minimum absolute atomic E-state index is 0.768. The van der Waals surface area contributed by atoms with Gasteiger partial charge in [0.15, 0.2) is 0 Å². The third-order valence-electron chi connectivity index (χ3n) is 2.90. The third kappa shape index (κ3) is 8.06. The van der Waals surface area contributed by atoms with Crippen LogP contribution >= 0.6 is 26.1 Å². The summed E-state index contributed by atoms with van der Waals surface area (Å²) < 4.78 is 0. The Bertz CT molecular complexity index is 460. The van der Waals surface area contributed by atoms with E-state index >= 15 is 0 Å². The number of allylic oxidation sites excluding steroid dienone is 1. The van der Waals surface area contributed by atoms with Crippen LogP contribution in [0.5, 0.6) is 0 Å². The van der Waals surface area contributed by atoms with Gasteiger partial charge in [-0.25, -0.2) is 0 Å². The molecule has 0 saturated carbocycles. The Hall–Kier alpha value is -0.278. The van der Waals surface area contributed by atoms with Crippen LogP contribution in [0.3, 0.4) is 0 Å². The van der Waals surface area contributed by atoms with Crippen LogP contribution in [0.1, 0.15) is 32.8 Å². The molecule has 0 aliphatic heterocycles. The van der Waals surface area contributed by atoms with Crippen molar-refractivity contribution >= 4 is 32.3 Å². The number of benzene rings is 1. The monoisotopic (exact) mass is 542 g/mol. The van der Waals surface area contributed by atoms with E-state index in [2.05, 4.69) is 68.7 Å². The second-order valence-electron chi connectivity index (χ2n) is 4.35. The topological polar surface area (TPSA) is 27.6 Å². The van der Waals surface area contributed by atoms with Crippen LogP contribution in [0.15, 0.2) is 45.7 Å². The molecule has 6 heteroatoms. The molecule has 21 heavy (non-hydrogen) atoms. The van der Waals surface area contributed by atoms with Gasteiger partial charge in [-0.15, -0.1) is 12.6 Å². The Kier molecular flexibility index (Phi) is 12.1.